The van der Waals surface area contributed by atoms with E-state index in [2.05, 4.69) is 4.99 Å². The molecule has 2 aromatic carbocycles. The molecule has 4 rings (SSSR count). The van der Waals surface area contributed by atoms with Crippen LogP contribution in [0.1, 0.15) is 25.0 Å². The topological polar surface area (TPSA) is 85.3 Å². The van der Waals surface area contributed by atoms with Gasteiger partial charge in [0.25, 0.3) is 0 Å². The zero-order valence-corrected chi connectivity index (χ0v) is 19.1. The van der Waals surface area contributed by atoms with Gasteiger partial charge in [0.15, 0.2) is 5.28 Å². The first-order valence-corrected chi connectivity index (χ1v) is 12.4. The molecule has 2 aliphatic heterocycles. The number of hydrogen-bond donors (Lipinski definition) is 0. The number of aliphatic imine (C=N–C) groups is 1. The fraction of sp³-hybridized carbons (Fsp3) is 0.375. The Balaban J connectivity index is 1.75. The number of hydrogen-bond acceptors (Lipinski definition) is 6. The SMILES string of the molecule is CCOP(=O)(OCC)C1(c2ccccc2)N=CC2C(=O)N(CCc3ccccc3)C(=O)C21. The Morgan fingerprint density at radius 1 is 0.938 bits per heavy atom. The molecule has 2 aromatic rings. The van der Waals surface area contributed by atoms with Crippen molar-refractivity contribution in [3.63, 3.8) is 0 Å². The molecule has 3 unspecified atom stereocenters. The summed E-state index contributed by atoms with van der Waals surface area (Å²) in [6.45, 7) is 3.93. The summed E-state index contributed by atoms with van der Waals surface area (Å²) in [4.78, 5) is 32.7. The van der Waals surface area contributed by atoms with E-state index in [1.165, 1.54) is 11.1 Å². The molecule has 0 aliphatic carbocycles. The van der Waals surface area contributed by atoms with Crippen LogP contribution in [0, 0.1) is 11.8 Å². The normalized spacial score (nSPS) is 24.9. The summed E-state index contributed by atoms with van der Waals surface area (Å²) in [6.07, 6.45) is 2.01. The predicted molar refractivity (Wildman–Crippen MR) is 121 cm³/mol. The monoisotopic (exact) mass is 454 g/mol. The maximum atomic E-state index is 14.2. The van der Waals surface area contributed by atoms with Gasteiger partial charge in [-0.05, 0) is 31.4 Å². The lowest BCUT2D eigenvalue weighted by atomic mass is 9.87. The second kappa shape index (κ2) is 9.10. The lowest BCUT2D eigenvalue weighted by molar-refractivity contribution is -0.140. The molecule has 0 bridgehead atoms. The molecular formula is C24H27N2O5P. The molecule has 2 amide bonds. The van der Waals surface area contributed by atoms with Gasteiger partial charge in [-0.3, -0.25) is 24.0 Å². The van der Waals surface area contributed by atoms with E-state index in [-0.39, 0.29) is 25.7 Å². The van der Waals surface area contributed by atoms with E-state index in [0.717, 1.165) is 5.56 Å². The summed E-state index contributed by atoms with van der Waals surface area (Å²) in [5, 5.41) is -1.60. The van der Waals surface area contributed by atoms with Crippen LogP contribution in [0.5, 0.6) is 0 Å². The first-order valence-electron chi connectivity index (χ1n) is 10.9. The van der Waals surface area contributed by atoms with Gasteiger partial charge in [-0.25, -0.2) is 0 Å². The molecule has 0 radical (unpaired) electrons. The van der Waals surface area contributed by atoms with Crippen molar-refractivity contribution in [3.8, 4) is 0 Å². The number of rotatable bonds is 9. The summed E-state index contributed by atoms with van der Waals surface area (Å²) in [5.41, 5.74) is 1.57. The largest absolute Gasteiger partial charge is 0.363 e. The Kier molecular flexibility index (Phi) is 6.42. The van der Waals surface area contributed by atoms with Crippen molar-refractivity contribution < 1.29 is 23.2 Å². The first-order chi connectivity index (χ1) is 15.5. The van der Waals surface area contributed by atoms with E-state index < -0.39 is 30.6 Å². The number of amides is 2. The van der Waals surface area contributed by atoms with E-state index in [0.29, 0.717) is 12.0 Å². The minimum atomic E-state index is -3.95. The molecule has 2 heterocycles. The van der Waals surface area contributed by atoms with Gasteiger partial charge in [-0.15, -0.1) is 0 Å². The fourth-order valence-corrected chi connectivity index (χ4v) is 7.05. The molecule has 0 spiro atoms. The third kappa shape index (κ3) is 3.54. The standard InChI is InChI=1S/C24H27N2O5P/c1-3-30-32(29,31-4-2)24(19-13-9-6-10-14-19)21-20(17-25-24)22(27)26(23(21)28)16-15-18-11-7-5-8-12-18/h5-14,17,20-21H,3-4,15-16H2,1-2H3. The predicted octanol–water partition coefficient (Wildman–Crippen LogP) is 4.03. The highest BCUT2D eigenvalue weighted by molar-refractivity contribution is 7.55. The number of likely N-dealkylation sites (tertiary alicyclic amines) is 1. The summed E-state index contributed by atoms with van der Waals surface area (Å²) in [7, 11) is -3.95. The lowest BCUT2D eigenvalue weighted by Crippen LogP contribution is -2.40. The second-order valence-electron chi connectivity index (χ2n) is 7.77. The van der Waals surface area contributed by atoms with E-state index in [1.807, 2.05) is 36.4 Å². The summed E-state index contributed by atoms with van der Waals surface area (Å²) in [5.74, 6) is -2.49. The smallest absolute Gasteiger partial charge is 0.307 e. The van der Waals surface area contributed by atoms with Gasteiger partial charge in [-0.2, -0.15) is 0 Å². The van der Waals surface area contributed by atoms with Crippen LogP contribution < -0.4 is 0 Å². The molecule has 3 atom stereocenters. The van der Waals surface area contributed by atoms with Crippen molar-refractivity contribution in [2.45, 2.75) is 25.5 Å². The van der Waals surface area contributed by atoms with Gasteiger partial charge in [0.1, 0.15) is 0 Å². The van der Waals surface area contributed by atoms with Crippen molar-refractivity contribution in [3.05, 3.63) is 71.8 Å². The Labute approximate surface area is 188 Å². The minimum Gasteiger partial charge on any atom is -0.307 e. The maximum absolute atomic E-state index is 14.2. The Morgan fingerprint density at radius 3 is 2.12 bits per heavy atom. The van der Waals surface area contributed by atoms with Crippen LogP contribution in [0.3, 0.4) is 0 Å². The molecule has 0 aromatic heterocycles. The maximum Gasteiger partial charge on any atom is 0.363 e. The molecule has 0 saturated carbocycles. The number of imide groups is 1. The summed E-state index contributed by atoms with van der Waals surface area (Å²) in [6, 6.07) is 18.6. The summed E-state index contributed by atoms with van der Waals surface area (Å²) >= 11 is 0. The molecule has 168 valence electrons. The highest BCUT2D eigenvalue weighted by Gasteiger charge is 2.69. The van der Waals surface area contributed by atoms with Gasteiger partial charge in [0.2, 0.25) is 11.8 Å². The third-order valence-corrected chi connectivity index (χ3v) is 8.67. The van der Waals surface area contributed by atoms with Gasteiger partial charge in [-0.1, -0.05) is 60.7 Å². The highest BCUT2D eigenvalue weighted by atomic mass is 31.2. The molecule has 1 saturated heterocycles. The van der Waals surface area contributed by atoms with Crippen LogP contribution >= 0.6 is 7.60 Å². The first kappa shape index (κ1) is 22.6. The molecule has 7 nitrogen and oxygen atoms in total. The lowest BCUT2D eigenvalue weighted by Gasteiger charge is -2.37. The Bertz CT molecular complexity index is 1050. The van der Waals surface area contributed by atoms with E-state index >= 15 is 0 Å². The molecule has 1 fully saturated rings. The minimum absolute atomic E-state index is 0.124. The van der Waals surface area contributed by atoms with Crippen molar-refractivity contribution >= 4 is 25.6 Å². The van der Waals surface area contributed by atoms with Gasteiger partial charge >= 0.3 is 7.60 Å². The number of benzene rings is 2. The van der Waals surface area contributed by atoms with Gasteiger partial charge in [0.05, 0.1) is 25.0 Å². The molecular weight excluding hydrogens is 427 g/mol. The Hall–Kier alpha value is -2.60. The van der Waals surface area contributed by atoms with Crippen LogP contribution in [-0.4, -0.2) is 42.7 Å². The van der Waals surface area contributed by atoms with Gasteiger partial charge < -0.3 is 9.05 Å². The summed E-state index contributed by atoms with van der Waals surface area (Å²) < 4.78 is 25.6. The third-order valence-electron chi connectivity index (χ3n) is 5.99. The van der Waals surface area contributed by atoms with Crippen molar-refractivity contribution in [1.82, 2.24) is 4.90 Å². The van der Waals surface area contributed by atoms with Crippen molar-refractivity contribution in [1.29, 1.82) is 0 Å². The van der Waals surface area contributed by atoms with Crippen LogP contribution in [0.25, 0.3) is 0 Å². The average Bonchev–Trinajstić information content (AvgIpc) is 3.32. The number of carbonyl (C=O) groups excluding carboxylic acids is 2. The number of fused-ring (bicyclic) bond motifs is 1. The van der Waals surface area contributed by atoms with Crippen molar-refractivity contribution in [2.75, 3.05) is 19.8 Å². The van der Waals surface area contributed by atoms with E-state index in [4.69, 9.17) is 9.05 Å². The van der Waals surface area contributed by atoms with Crippen LogP contribution in [0.2, 0.25) is 0 Å². The average molecular weight is 454 g/mol. The van der Waals surface area contributed by atoms with Crippen LogP contribution in [0.15, 0.2) is 65.7 Å². The molecule has 0 N–H and O–H groups in total. The van der Waals surface area contributed by atoms with Crippen molar-refractivity contribution in [2.24, 2.45) is 16.8 Å². The fourth-order valence-electron chi connectivity index (χ4n) is 4.62. The van der Waals surface area contributed by atoms with Gasteiger partial charge in [0, 0.05) is 12.8 Å². The van der Waals surface area contributed by atoms with E-state index in [9.17, 15) is 14.2 Å². The van der Waals surface area contributed by atoms with Crippen LogP contribution in [-0.2, 0) is 34.9 Å². The molecule has 32 heavy (non-hydrogen) atoms. The molecule has 2 aliphatic rings. The number of carbonyl (C=O) groups is 2. The quantitative estimate of drug-likeness (QED) is 0.422. The Morgan fingerprint density at radius 2 is 1.53 bits per heavy atom. The highest BCUT2D eigenvalue weighted by Crippen LogP contribution is 2.72. The van der Waals surface area contributed by atoms with E-state index in [1.54, 1.807) is 38.1 Å². The zero-order valence-electron chi connectivity index (χ0n) is 18.2. The number of nitrogens with zero attached hydrogens (tertiary/aromatic N) is 2. The zero-order chi connectivity index (χ0) is 22.8. The second-order valence-corrected chi connectivity index (χ2v) is 9.96. The molecule has 8 heteroatoms. The van der Waals surface area contributed by atoms with Crippen LogP contribution in [0.4, 0.5) is 0 Å².